The number of nitrogens with two attached hydrogens (primary N) is 4. The summed E-state index contributed by atoms with van der Waals surface area (Å²) in [6.45, 7) is 0.838. The number of halogens is 4. The molecule has 4 fully saturated rings. The number of alkyl halides is 4. The zero-order valence-electron chi connectivity index (χ0n) is 64.1. The lowest BCUT2D eigenvalue weighted by atomic mass is 10.1. The molecule has 24 N–H and O–H groups in total. The number of hydrogen-bond acceptors (Lipinski definition) is 36. The van der Waals surface area contributed by atoms with Crippen LogP contribution in [0.4, 0.5) is 17.6 Å². The second-order valence-electron chi connectivity index (χ2n) is 25.6. The van der Waals surface area contributed by atoms with E-state index in [2.05, 4.69) is 29.4 Å². The van der Waals surface area contributed by atoms with E-state index >= 15 is 13.2 Å². The molecule has 8 rings (SSSR count). The number of hydrogen-bond donors (Lipinski definition) is 20. The van der Waals surface area contributed by atoms with Crippen molar-refractivity contribution >= 4 is 72.7 Å². The Bertz CT molecular complexity index is 4650. The first-order valence-electron chi connectivity index (χ1n) is 34.9. The number of rotatable bonds is 24. The van der Waals surface area contributed by atoms with E-state index in [0.29, 0.717) is 9.13 Å². The number of aliphatic hydroxyl groups excluding tert-OH is 12. The van der Waals surface area contributed by atoms with Crippen LogP contribution >= 0.6 is 48.9 Å². The summed E-state index contributed by atoms with van der Waals surface area (Å²) in [6.07, 6.45) is -24.3. The summed E-state index contributed by atoms with van der Waals surface area (Å²) < 4.78 is 148. The van der Waals surface area contributed by atoms with Crippen LogP contribution in [0.3, 0.4) is 0 Å². The molecule has 0 radical (unpaired) electrons. The van der Waals surface area contributed by atoms with Crippen LogP contribution in [0, 0.1) is 42.2 Å². The van der Waals surface area contributed by atoms with Crippen LogP contribution in [-0.4, -0.2) is 246 Å². The molecule has 8 heterocycles. The van der Waals surface area contributed by atoms with Crippen molar-refractivity contribution in [2.75, 3.05) is 26.3 Å². The highest BCUT2D eigenvalue weighted by atomic mass is 32.1. The van der Waals surface area contributed by atoms with Gasteiger partial charge in [-0.25, -0.2) is 36.7 Å². The molecule has 4 aliphatic rings. The first-order valence-corrected chi connectivity index (χ1v) is 33.5. The lowest BCUT2D eigenvalue weighted by Crippen LogP contribution is -2.46. The normalized spacial score (nSPS) is 31.6. The topological polar surface area (TPSA) is 640 Å². The van der Waals surface area contributed by atoms with E-state index in [1.165, 1.54) is 13.8 Å². The minimum absolute atomic E-state index is 0.00259. The maximum Gasteiger partial charge on any atom is 0.328 e. The van der Waals surface area contributed by atoms with E-state index in [1.54, 1.807) is 41.5 Å². The predicted octanol–water partition coefficient (Wildman–Crippen LogP) is -4.64. The Labute approximate surface area is 636 Å². The molecule has 4 aromatic heterocycles. The molecule has 108 heavy (non-hydrogen) atoms. The number of aliphatic hydroxyl groups is 12. The van der Waals surface area contributed by atoms with Gasteiger partial charge in [-0.1, -0.05) is 104 Å². The first-order chi connectivity index (χ1) is 52.3. The molecule has 48 heteroatoms. The maximum atomic E-state index is 15.5. The fourth-order valence-corrected chi connectivity index (χ4v) is 9.99. The number of aromatic nitrogens is 8. The second-order valence-corrected chi connectivity index (χ2v) is 27.2. The monoisotopic (exact) mass is 1630 g/mol. The van der Waals surface area contributed by atoms with Crippen LogP contribution in [0.25, 0.3) is 0 Å². The van der Waals surface area contributed by atoms with Crippen molar-refractivity contribution in [3.63, 3.8) is 0 Å². The number of nitrogens with one attached hydrogen (secondary N) is 4. The van der Waals surface area contributed by atoms with Crippen molar-refractivity contribution in [3.8, 4) is 0 Å². The van der Waals surface area contributed by atoms with Gasteiger partial charge >= 0.3 is 46.6 Å². The number of H-pyrrole nitrogens is 4. The summed E-state index contributed by atoms with van der Waals surface area (Å²) in [7, 11) is 0. The number of nitrogens with zero attached hydrogens (tertiary/aromatic N) is 4. The number of aromatic amines is 4. The quantitative estimate of drug-likeness (QED) is 0.0136. The van der Waals surface area contributed by atoms with Gasteiger partial charge in [0.2, 0.25) is 0 Å². The van der Waals surface area contributed by atoms with Crippen molar-refractivity contribution < 1.29 is 144 Å². The Morgan fingerprint density at radius 3 is 0.954 bits per heavy atom. The van der Waals surface area contributed by atoms with E-state index in [0.717, 1.165) is 29.4 Å². The summed E-state index contributed by atoms with van der Waals surface area (Å²) in [5, 5.41) is 118. The number of carbonyl (C=O) groups is 4. The van der Waals surface area contributed by atoms with E-state index in [4.69, 9.17) is 108 Å². The molecule has 0 spiro atoms. The standard InChI is InChI=1S/4C15H22FN3O7S/c4*1-6(2)8(17)13(23)25-5-15(16)10(22)9(21)12(26-15)19-3-7(4-20)11(27)18-14(19)24/h4*3,6,8-10,12,20-22H,4-5,17H2,1-2H3,(H,18,24,27)/t4*8-,9+,10-,12+,15+/m0000/s1/i5D2,12D;12D;5D2;. The van der Waals surface area contributed by atoms with Crippen molar-refractivity contribution in [2.45, 2.75) is 203 Å². The van der Waals surface area contributed by atoms with Gasteiger partial charge in [0, 0.05) is 47.0 Å². The molecule has 4 saturated heterocycles. The average Bonchev–Trinajstić information content (AvgIpc) is 1.49. The average molecular weight is 1640 g/mol. The van der Waals surface area contributed by atoms with Crippen LogP contribution in [0.1, 0.15) is 111 Å². The Kier molecular flexibility index (Phi) is 28.9. The van der Waals surface area contributed by atoms with Gasteiger partial charge in [0.05, 0.1) is 34.7 Å². The zero-order valence-corrected chi connectivity index (χ0v) is 61.4. The van der Waals surface area contributed by atoms with Crippen LogP contribution in [0.5, 0.6) is 0 Å². The molecule has 0 bridgehead atoms. The van der Waals surface area contributed by atoms with Gasteiger partial charge in [-0.2, -0.15) is 0 Å². The zero-order chi connectivity index (χ0) is 87.5. The van der Waals surface area contributed by atoms with Crippen LogP contribution in [0.2, 0.25) is 0 Å². The number of carbonyl (C=O) groups excluding carboxylic acids is 4. The second kappa shape index (κ2) is 37.9. The lowest BCUT2D eigenvalue weighted by molar-refractivity contribution is -0.217. The van der Waals surface area contributed by atoms with Crippen molar-refractivity contribution in [1.29, 1.82) is 0 Å². The van der Waals surface area contributed by atoms with Gasteiger partial charge in [-0.3, -0.25) is 57.4 Å². The Morgan fingerprint density at radius 2 is 0.657 bits per heavy atom. The molecule has 40 nitrogen and oxygen atoms in total. The summed E-state index contributed by atoms with van der Waals surface area (Å²) >= 11 is 19.3. The molecule has 608 valence electrons. The van der Waals surface area contributed by atoms with E-state index in [9.17, 15) is 104 Å². The molecule has 0 amide bonds. The highest BCUT2D eigenvalue weighted by molar-refractivity contribution is 7.72. The van der Waals surface area contributed by atoms with Gasteiger partial charge in [0.1, 0.15) is 91.6 Å². The summed E-state index contributed by atoms with van der Waals surface area (Å²) in [5.41, 5.74) is 18.3. The van der Waals surface area contributed by atoms with E-state index in [-0.39, 0.29) is 57.2 Å². The minimum Gasteiger partial charge on any atom is -0.458 e. The van der Waals surface area contributed by atoms with Crippen LogP contribution in [-0.2, 0) is 83.5 Å². The third-order valence-electron chi connectivity index (χ3n) is 16.3. The molecular formula is C60H88F4N12O28S4. The van der Waals surface area contributed by atoms with Gasteiger partial charge in [-0.15, -0.1) is 0 Å². The fourth-order valence-electron chi connectivity index (χ4n) is 9.17. The molecule has 0 unspecified atom stereocenters. The molecule has 0 aliphatic carbocycles. The number of ether oxygens (including phenoxy) is 8. The van der Waals surface area contributed by atoms with Crippen LogP contribution in [0.15, 0.2) is 44.0 Å². The lowest BCUT2D eigenvalue weighted by Gasteiger charge is -2.24. The highest BCUT2D eigenvalue weighted by Gasteiger charge is 2.61. The molecular weight excluding hydrogens is 1540 g/mol. The number of esters is 4. The van der Waals surface area contributed by atoms with Gasteiger partial charge in [0.15, 0.2) is 51.2 Å². The summed E-state index contributed by atoms with van der Waals surface area (Å²) in [4.78, 5) is 105. The Morgan fingerprint density at radius 1 is 0.435 bits per heavy atom. The molecule has 4 aliphatic heterocycles. The third kappa shape index (κ3) is 21.0. The van der Waals surface area contributed by atoms with E-state index < -0.39 is 233 Å². The van der Waals surface area contributed by atoms with Gasteiger partial charge < -0.3 is 122 Å². The predicted molar refractivity (Wildman–Crippen MR) is 366 cm³/mol. The van der Waals surface area contributed by atoms with Gasteiger partial charge in [-0.05, 0) is 23.7 Å². The molecule has 20 atom stereocenters. The highest BCUT2D eigenvalue weighted by Crippen LogP contribution is 2.42. The third-order valence-corrected chi connectivity index (χ3v) is 17.8. The van der Waals surface area contributed by atoms with E-state index in [1.807, 2.05) is 0 Å². The smallest absolute Gasteiger partial charge is 0.328 e. The molecule has 4 aromatic rings. The van der Waals surface area contributed by atoms with Crippen LogP contribution < -0.4 is 45.7 Å². The van der Waals surface area contributed by atoms with Crippen molar-refractivity contribution in [2.24, 2.45) is 46.6 Å². The minimum atomic E-state index is -3.97. The Balaban J connectivity index is 0.000000272. The van der Waals surface area contributed by atoms with Crippen molar-refractivity contribution in [1.82, 2.24) is 38.2 Å². The maximum absolute atomic E-state index is 15.5. The van der Waals surface area contributed by atoms with Gasteiger partial charge in [0.25, 0.3) is 23.4 Å². The first kappa shape index (κ1) is 82.2. The molecule has 0 saturated carbocycles. The Hall–Kier alpha value is -6.80. The largest absolute Gasteiger partial charge is 0.458 e. The summed E-state index contributed by atoms with van der Waals surface area (Å²) in [5.74, 6) is -19.9. The van der Waals surface area contributed by atoms with Crippen molar-refractivity contribution in [3.05, 3.63) is 108 Å². The fraction of sp³-hybridized carbons (Fsp3) is 0.667. The SMILES string of the molecule is CC(C)[C@H](N)C(=O)OC[C@@]1(F)O[C@@H](n2cc(CO)c(=S)[nH]c2=O)[C@H](O)[C@@H]1O.[2H]C([2H])(OC(=O)[C@@H](N)C(C)C)[C@@]1(F)O[C@@H](n2cc(CO)c(=S)[nH]c2=O)[C@H](O)[C@@H]1O.[2H]C([2H])(OC(=O)[C@@H](N)C(C)C)[C@@]1(F)O[C@@]([2H])(n2cc(CO)c(=S)[nH]c2=O)[C@H](O)[C@@H]1O.[2H][C@@]1(n2cc(CO)c(=S)[nH]c2=O)O[C@](F)(COC(=O)[C@@H](N)C(C)C)[C@@H](O)[C@H]1O. The molecule has 0 aromatic carbocycles. The summed E-state index contributed by atoms with van der Waals surface area (Å²) in [6, 6.07) is -4.68.